The van der Waals surface area contributed by atoms with Crippen LogP contribution in [0.1, 0.15) is 38.3 Å². The Morgan fingerprint density at radius 2 is 2.21 bits per heavy atom. The summed E-state index contributed by atoms with van der Waals surface area (Å²) < 4.78 is 11.1. The first-order valence-electron chi connectivity index (χ1n) is 10.5. The summed E-state index contributed by atoms with van der Waals surface area (Å²) in [5.74, 6) is 0.311. The predicted octanol–water partition coefficient (Wildman–Crippen LogP) is 1.90. The molecule has 1 aromatic rings. The fraction of sp³-hybridized carbons (Fsp3) is 0.800. The van der Waals surface area contributed by atoms with Gasteiger partial charge in [-0.1, -0.05) is 0 Å². The topological polar surface area (TPSA) is 75.1 Å². The van der Waals surface area contributed by atoms with Crippen molar-refractivity contribution < 1.29 is 19.4 Å². The van der Waals surface area contributed by atoms with E-state index in [0.29, 0.717) is 30.8 Å². The summed E-state index contributed by atoms with van der Waals surface area (Å²) in [6, 6.07) is 0.545. The van der Waals surface area contributed by atoms with Crippen molar-refractivity contribution in [3.8, 4) is 0 Å². The number of hydrogen-bond donors (Lipinski definition) is 1. The van der Waals surface area contributed by atoms with Crippen LogP contribution >= 0.6 is 11.3 Å². The van der Waals surface area contributed by atoms with Crippen LogP contribution in [0.15, 0.2) is 5.38 Å². The molecule has 0 unspecified atom stereocenters. The van der Waals surface area contributed by atoms with Gasteiger partial charge in [0.2, 0.25) is 0 Å². The largest absolute Gasteiger partial charge is 0.466 e. The van der Waals surface area contributed by atoms with E-state index in [1.54, 1.807) is 11.3 Å². The summed E-state index contributed by atoms with van der Waals surface area (Å²) in [5.41, 5.74) is 0.255. The van der Waals surface area contributed by atoms with E-state index >= 15 is 0 Å². The molecule has 3 aliphatic rings. The van der Waals surface area contributed by atoms with Crippen LogP contribution in [0, 0.1) is 11.3 Å². The van der Waals surface area contributed by atoms with Gasteiger partial charge >= 0.3 is 5.97 Å². The number of rotatable bonds is 5. The highest BCUT2D eigenvalue weighted by atomic mass is 32.1. The number of carbonyl (C=O) groups is 1. The zero-order chi connectivity index (χ0) is 19.6. The number of esters is 1. The molecule has 7 nitrogen and oxygen atoms in total. The Morgan fingerprint density at radius 1 is 1.39 bits per heavy atom. The van der Waals surface area contributed by atoms with Crippen molar-refractivity contribution in [3.63, 3.8) is 0 Å². The van der Waals surface area contributed by atoms with E-state index in [0.717, 1.165) is 63.7 Å². The van der Waals surface area contributed by atoms with Gasteiger partial charge in [0.25, 0.3) is 0 Å². The molecule has 1 saturated carbocycles. The van der Waals surface area contributed by atoms with Gasteiger partial charge in [-0.05, 0) is 38.5 Å². The second-order valence-electron chi connectivity index (χ2n) is 8.14. The molecule has 28 heavy (non-hydrogen) atoms. The Morgan fingerprint density at radius 3 is 2.93 bits per heavy atom. The second kappa shape index (κ2) is 8.65. The minimum atomic E-state index is -0.442. The predicted molar refractivity (Wildman–Crippen MR) is 107 cm³/mol. The van der Waals surface area contributed by atoms with Crippen LogP contribution in [0.5, 0.6) is 0 Å². The van der Waals surface area contributed by atoms with Gasteiger partial charge in [0, 0.05) is 37.6 Å². The summed E-state index contributed by atoms with van der Waals surface area (Å²) >= 11 is 1.55. The lowest BCUT2D eigenvalue weighted by Gasteiger charge is -2.52. The number of ether oxygens (including phenoxy) is 2. The van der Waals surface area contributed by atoms with E-state index in [-0.39, 0.29) is 12.6 Å². The molecule has 2 aliphatic heterocycles. The molecule has 8 heteroatoms. The van der Waals surface area contributed by atoms with Crippen molar-refractivity contribution in [1.82, 2.24) is 9.88 Å². The van der Waals surface area contributed by atoms with E-state index in [2.05, 4.69) is 14.8 Å². The first-order valence-corrected chi connectivity index (χ1v) is 11.3. The molecule has 1 aliphatic carbocycles. The van der Waals surface area contributed by atoms with Gasteiger partial charge in [0.05, 0.1) is 37.5 Å². The number of aliphatic hydroxyl groups excluding tert-OH is 1. The normalized spacial score (nSPS) is 31.4. The number of thiazole rings is 1. The highest BCUT2D eigenvalue weighted by Crippen LogP contribution is 2.49. The number of piperidine rings is 1. The Kier molecular flexibility index (Phi) is 6.20. The van der Waals surface area contributed by atoms with Gasteiger partial charge in [-0.15, -0.1) is 11.3 Å². The van der Waals surface area contributed by atoms with Crippen LogP contribution in [0.25, 0.3) is 0 Å². The molecule has 0 bridgehead atoms. The third kappa shape index (κ3) is 3.79. The van der Waals surface area contributed by atoms with E-state index in [1.165, 1.54) is 0 Å². The van der Waals surface area contributed by atoms with E-state index in [4.69, 9.17) is 9.47 Å². The molecular formula is C20H31N3O4S. The number of carbonyl (C=O) groups excluding carboxylic acids is 1. The number of aliphatic hydroxyl groups is 1. The summed E-state index contributed by atoms with van der Waals surface area (Å²) in [4.78, 5) is 22.5. The van der Waals surface area contributed by atoms with E-state index in [9.17, 15) is 9.90 Å². The van der Waals surface area contributed by atoms with Crippen molar-refractivity contribution >= 4 is 22.4 Å². The quantitative estimate of drug-likeness (QED) is 0.745. The summed E-state index contributed by atoms with van der Waals surface area (Å²) in [6.07, 6.45) is 3.94. The minimum absolute atomic E-state index is 0.0379. The van der Waals surface area contributed by atoms with Gasteiger partial charge in [-0.25, -0.2) is 4.98 Å². The second-order valence-corrected chi connectivity index (χ2v) is 8.98. The van der Waals surface area contributed by atoms with Crippen LogP contribution in [-0.4, -0.2) is 73.0 Å². The zero-order valence-electron chi connectivity index (χ0n) is 16.6. The molecule has 0 aromatic carbocycles. The lowest BCUT2D eigenvalue weighted by Crippen LogP contribution is -2.59. The number of hydrogen-bond acceptors (Lipinski definition) is 8. The van der Waals surface area contributed by atoms with Gasteiger partial charge in [0.15, 0.2) is 5.13 Å². The third-order valence-corrected chi connectivity index (χ3v) is 7.65. The third-order valence-electron chi connectivity index (χ3n) is 6.70. The lowest BCUT2D eigenvalue weighted by molar-refractivity contribution is -0.164. The van der Waals surface area contributed by atoms with Crippen molar-refractivity contribution in [2.45, 2.75) is 45.3 Å². The average molecular weight is 410 g/mol. The van der Waals surface area contributed by atoms with Crippen molar-refractivity contribution in [2.75, 3.05) is 50.9 Å². The first kappa shape index (κ1) is 20.1. The Labute approximate surface area is 170 Å². The number of anilines is 1. The molecule has 1 aromatic heterocycles. The molecule has 3 fully saturated rings. The molecule has 2 saturated heterocycles. The molecule has 1 N–H and O–H groups in total. The van der Waals surface area contributed by atoms with Crippen LogP contribution in [0.3, 0.4) is 0 Å². The number of nitrogens with zero attached hydrogens (tertiary/aromatic N) is 3. The number of morpholine rings is 1. The van der Waals surface area contributed by atoms with E-state index < -0.39 is 5.41 Å². The van der Waals surface area contributed by atoms with Crippen LogP contribution in [-0.2, 0) is 20.9 Å². The van der Waals surface area contributed by atoms with Crippen molar-refractivity contribution in [2.24, 2.45) is 11.3 Å². The average Bonchev–Trinajstić information content (AvgIpc) is 3.23. The Bertz CT molecular complexity index is 678. The molecule has 4 rings (SSSR count). The van der Waals surface area contributed by atoms with Crippen LogP contribution < -0.4 is 4.90 Å². The van der Waals surface area contributed by atoms with Gasteiger partial charge in [-0.2, -0.15) is 0 Å². The highest BCUT2D eigenvalue weighted by Gasteiger charge is 2.54. The van der Waals surface area contributed by atoms with Gasteiger partial charge < -0.3 is 19.5 Å². The standard InChI is InChI=1S/C20H31N3O4S/c1-2-27-18(25)20-5-3-17(22-7-9-26-10-8-22)11-15(20)4-6-23(14-20)19-21-16(12-24)13-28-19/h13,15,17,24H,2-12,14H2,1H3/t15-,17+,20-/m1/s1. The maximum absolute atomic E-state index is 13.1. The highest BCUT2D eigenvalue weighted by molar-refractivity contribution is 7.13. The molecule has 3 atom stereocenters. The molecule has 0 radical (unpaired) electrons. The zero-order valence-corrected chi connectivity index (χ0v) is 17.5. The molecular weight excluding hydrogens is 378 g/mol. The fourth-order valence-corrected chi connectivity index (χ4v) is 6.04. The molecule has 156 valence electrons. The summed E-state index contributed by atoms with van der Waals surface area (Å²) in [5, 5.41) is 12.1. The van der Waals surface area contributed by atoms with Crippen molar-refractivity contribution in [3.05, 3.63) is 11.1 Å². The van der Waals surface area contributed by atoms with Crippen LogP contribution in [0.4, 0.5) is 5.13 Å². The minimum Gasteiger partial charge on any atom is -0.466 e. The van der Waals surface area contributed by atoms with Gasteiger partial charge in [-0.3, -0.25) is 9.69 Å². The summed E-state index contributed by atoms with van der Waals surface area (Å²) in [6.45, 7) is 7.47. The monoisotopic (exact) mass is 409 g/mol. The molecule has 0 amide bonds. The maximum Gasteiger partial charge on any atom is 0.314 e. The molecule has 0 spiro atoms. The fourth-order valence-electron chi connectivity index (χ4n) is 5.19. The lowest BCUT2D eigenvalue weighted by atomic mass is 9.61. The number of fused-ring (bicyclic) bond motifs is 1. The van der Waals surface area contributed by atoms with E-state index in [1.807, 2.05) is 12.3 Å². The van der Waals surface area contributed by atoms with Gasteiger partial charge in [0.1, 0.15) is 0 Å². The smallest absolute Gasteiger partial charge is 0.314 e. The Hall–Kier alpha value is -1.22. The maximum atomic E-state index is 13.1. The first-order chi connectivity index (χ1) is 13.7. The van der Waals surface area contributed by atoms with Crippen molar-refractivity contribution in [1.29, 1.82) is 0 Å². The number of aromatic nitrogens is 1. The SMILES string of the molecule is CCOC(=O)[C@@]12CC[C@H](N3CCOCC3)C[C@H]1CCN(c1nc(CO)cs1)C2. The molecule has 3 heterocycles. The van der Waals surface area contributed by atoms with Crippen LogP contribution in [0.2, 0.25) is 0 Å². The summed E-state index contributed by atoms with van der Waals surface area (Å²) in [7, 11) is 0. The Balaban J connectivity index is 1.53.